The van der Waals surface area contributed by atoms with Crippen molar-refractivity contribution in [2.45, 2.75) is 31.9 Å². The van der Waals surface area contributed by atoms with Gasteiger partial charge in [0.25, 0.3) is 5.56 Å². The summed E-state index contributed by atoms with van der Waals surface area (Å²) in [5.41, 5.74) is 1.55. The Labute approximate surface area is 133 Å². The molecule has 1 saturated heterocycles. The van der Waals surface area contributed by atoms with Gasteiger partial charge in [0, 0.05) is 13.2 Å². The Morgan fingerprint density at radius 1 is 1.17 bits per heavy atom. The number of para-hydroxylation sites is 1. The van der Waals surface area contributed by atoms with E-state index in [4.69, 9.17) is 4.74 Å². The van der Waals surface area contributed by atoms with Crippen LogP contribution >= 0.6 is 0 Å². The SMILES string of the molecule is O=c1c2cnn(-c3ccccc3)c2cnn1CC[C@H]1CCCO1. The highest BCUT2D eigenvalue weighted by atomic mass is 16.5. The Balaban J connectivity index is 1.65. The van der Waals surface area contributed by atoms with Crippen molar-refractivity contribution in [3.8, 4) is 5.69 Å². The lowest BCUT2D eigenvalue weighted by atomic mass is 10.2. The van der Waals surface area contributed by atoms with Crippen molar-refractivity contribution in [2.24, 2.45) is 0 Å². The molecule has 0 unspecified atom stereocenters. The minimum absolute atomic E-state index is 0.0947. The third kappa shape index (κ3) is 2.66. The molecule has 3 heterocycles. The van der Waals surface area contributed by atoms with Crippen LogP contribution in [0, 0.1) is 0 Å². The number of nitrogens with zero attached hydrogens (tertiary/aromatic N) is 4. The first-order valence-corrected chi connectivity index (χ1v) is 7.94. The van der Waals surface area contributed by atoms with Crippen molar-refractivity contribution in [3.05, 3.63) is 53.1 Å². The monoisotopic (exact) mass is 310 g/mol. The van der Waals surface area contributed by atoms with Gasteiger partial charge in [0.05, 0.1) is 35.1 Å². The maximum absolute atomic E-state index is 12.6. The summed E-state index contributed by atoms with van der Waals surface area (Å²) in [6, 6.07) is 9.74. The van der Waals surface area contributed by atoms with Gasteiger partial charge in [-0.2, -0.15) is 10.2 Å². The highest BCUT2D eigenvalue weighted by molar-refractivity contribution is 5.78. The summed E-state index contributed by atoms with van der Waals surface area (Å²) in [6.07, 6.45) is 6.59. The third-order valence-corrected chi connectivity index (χ3v) is 4.28. The molecule has 1 atom stereocenters. The fourth-order valence-corrected chi connectivity index (χ4v) is 3.04. The van der Waals surface area contributed by atoms with Gasteiger partial charge in [-0.1, -0.05) is 18.2 Å². The zero-order chi connectivity index (χ0) is 15.6. The molecular weight excluding hydrogens is 292 g/mol. The van der Waals surface area contributed by atoms with Crippen LogP contribution in [0.2, 0.25) is 0 Å². The van der Waals surface area contributed by atoms with Crippen molar-refractivity contribution in [1.82, 2.24) is 19.6 Å². The van der Waals surface area contributed by atoms with E-state index in [-0.39, 0.29) is 11.7 Å². The Morgan fingerprint density at radius 2 is 2.04 bits per heavy atom. The summed E-state index contributed by atoms with van der Waals surface area (Å²) >= 11 is 0. The number of aromatic nitrogens is 4. The molecule has 2 aromatic heterocycles. The Kier molecular flexibility index (Phi) is 3.67. The zero-order valence-corrected chi connectivity index (χ0v) is 12.8. The van der Waals surface area contributed by atoms with Crippen LogP contribution in [-0.4, -0.2) is 32.3 Å². The molecule has 6 heteroatoms. The second kappa shape index (κ2) is 5.96. The lowest BCUT2D eigenvalue weighted by molar-refractivity contribution is 0.0991. The molecule has 1 aliphatic rings. The summed E-state index contributed by atoms with van der Waals surface area (Å²) in [5.74, 6) is 0. The average molecular weight is 310 g/mol. The van der Waals surface area contributed by atoms with E-state index in [1.165, 1.54) is 4.68 Å². The molecule has 1 aromatic carbocycles. The molecule has 4 rings (SSSR count). The van der Waals surface area contributed by atoms with Crippen LogP contribution in [0.1, 0.15) is 19.3 Å². The second-order valence-electron chi connectivity index (χ2n) is 5.79. The quantitative estimate of drug-likeness (QED) is 0.741. The normalized spacial score (nSPS) is 17.8. The molecule has 0 spiro atoms. The lowest BCUT2D eigenvalue weighted by Gasteiger charge is -2.10. The Morgan fingerprint density at radius 3 is 2.83 bits per heavy atom. The van der Waals surface area contributed by atoms with E-state index >= 15 is 0 Å². The lowest BCUT2D eigenvalue weighted by Crippen LogP contribution is -2.24. The van der Waals surface area contributed by atoms with Crippen LogP contribution in [0.15, 0.2) is 47.5 Å². The molecule has 23 heavy (non-hydrogen) atoms. The van der Waals surface area contributed by atoms with E-state index in [1.54, 1.807) is 17.1 Å². The zero-order valence-electron chi connectivity index (χ0n) is 12.8. The van der Waals surface area contributed by atoms with Gasteiger partial charge in [-0.15, -0.1) is 0 Å². The first-order valence-electron chi connectivity index (χ1n) is 7.94. The fourth-order valence-electron chi connectivity index (χ4n) is 3.04. The van der Waals surface area contributed by atoms with Gasteiger partial charge in [-0.25, -0.2) is 9.36 Å². The summed E-state index contributed by atoms with van der Waals surface area (Å²) < 4.78 is 8.86. The number of rotatable bonds is 4. The minimum atomic E-state index is -0.0947. The van der Waals surface area contributed by atoms with E-state index in [2.05, 4.69) is 10.2 Å². The number of hydrogen-bond donors (Lipinski definition) is 0. The summed E-state index contributed by atoms with van der Waals surface area (Å²) in [7, 11) is 0. The van der Waals surface area contributed by atoms with Crippen LogP contribution in [0.5, 0.6) is 0 Å². The van der Waals surface area contributed by atoms with Crippen molar-refractivity contribution >= 4 is 10.9 Å². The highest BCUT2D eigenvalue weighted by Gasteiger charge is 2.16. The Bertz CT molecular complexity index is 863. The smallest absolute Gasteiger partial charge is 0.277 e. The van der Waals surface area contributed by atoms with E-state index in [0.29, 0.717) is 11.9 Å². The van der Waals surface area contributed by atoms with Crippen molar-refractivity contribution in [1.29, 1.82) is 0 Å². The number of benzene rings is 1. The first-order chi connectivity index (χ1) is 11.3. The summed E-state index contributed by atoms with van der Waals surface area (Å²) in [5, 5.41) is 9.25. The van der Waals surface area contributed by atoms with Gasteiger partial charge in [0.1, 0.15) is 0 Å². The second-order valence-corrected chi connectivity index (χ2v) is 5.79. The predicted molar refractivity (Wildman–Crippen MR) is 86.7 cm³/mol. The van der Waals surface area contributed by atoms with Gasteiger partial charge >= 0.3 is 0 Å². The van der Waals surface area contributed by atoms with E-state index in [0.717, 1.165) is 37.1 Å². The van der Waals surface area contributed by atoms with Crippen LogP contribution in [-0.2, 0) is 11.3 Å². The van der Waals surface area contributed by atoms with E-state index < -0.39 is 0 Å². The molecule has 1 fully saturated rings. The molecule has 118 valence electrons. The van der Waals surface area contributed by atoms with Gasteiger partial charge in [0.15, 0.2) is 0 Å². The van der Waals surface area contributed by atoms with Crippen LogP contribution in [0.4, 0.5) is 0 Å². The summed E-state index contributed by atoms with van der Waals surface area (Å²) in [6.45, 7) is 1.41. The molecule has 0 saturated carbocycles. The maximum atomic E-state index is 12.6. The average Bonchev–Trinajstić information content (AvgIpc) is 3.25. The molecule has 1 aliphatic heterocycles. The molecule has 6 nitrogen and oxygen atoms in total. The predicted octanol–water partition coefficient (Wildman–Crippen LogP) is 2.15. The minimum Gasteiger partial charge on any atom is -0.378 e. The van der Waals surface area contributed by atoms with Crippen LogP contribution < -0.4 is 5.56 Å². The molecular formula is C17H18N4O2. The highest BCUT2D eigenvalue weighted by Crippen LogP contribution is 2.17. The van der Waals surface area contributed by atoms with Crippen molar-refractivity contribution < 1.29 is 4.74 Å². The number of hydrogen-bond acceptors (Lipinski definition) is 4. The Hall–Kier alpha value is -2.47. The van der Waals surface area contributed by atoms with Gasteiger partial charge in [-0.3, -0.25) is 4.79 Å². The number of aryl methyl sites for hydroxylation is 1. The van der Waals surface area contributed by atoms with E-state index in [1.807, 2.05) is 30.3 Å². The molecule has 0 N–H and O–H groups in total. The standard InChI is InChI=1S/C17H18N4O2/c22-17-15-11-19-21(13-5-2-1-3-6-13)16(15)12-18-20(17)9-8-14-7-4-10-23-14/h1-3,5-6,11-12,14H,4,7-10H2/t14-/m1/s1. The van der Waals surface area contributed by atoms with Gasteiger partial charge in [-0.05, 0) is 31.4 Å². The fraction of sp³-hybridized carbons (Fsp3) is 0.353. The van der Waals surface area contributed by atoms with Crippen molar-refractivity contribution in [3.63, 3.8) is 0 Å². The maximum Gasteiger partial charge on any atom is 0.277 e. The molecule has 0 radical (unpaired) electrons. The molecule has 0 bridgehead atoms. The molecule has 3 aromatic rings. The molecule has 0 amide bonds. The third-order valence-electron chi connectivity index (χ3n) is 4.28. The van der Waals surface area contributed by atoms with Gasteiger partial charge < -0.3 is 4.74 Å². The molecule has 0 aliphatic carbocycles. The van der Waals surface area contributed by atoms with Crippen molar-refractivity contribution in [2.75, 3.05) is 6.61 Å². The summed E-state index contributed by atoms with van der Waals surface area (Å²) in [4.78, 5) is 12.6. The topological polar surface area (TPSA) is 61.9 Å². The number of ether oxygens (including phenoxy) is 1. The van der Waals surface area contributed by atoms with Crippen LogP contribution in [0.25, 0.3) is 16.6 Å². The largest absolute Gasteiger partial charge is 0.378 e. The first kappa shape index (κ1) is 14.1. The van der Waals surface area contributed by atoms with Gasteiger partial charge in [0.2, 0.25) is 0 Å². The van der Waals surface area contributed by atoms with Crippen LogP contribution in [0.3, 0.4) is 0 Å². The van der Waals surface area contributed by atoms with E-state index in [9.17, 15) is 4.79 Å². The number of fused-ring (bicyclic) bond motifs is 1.